The van der Waals surface area contributed by atoms with Crippen LogP contribution >= 0.6 is 11.6 Å². The van der Waals surface area contributed by atoms with Gasteiger partial charge in [0.15, 0.2) is 0 Å². The lowest BCUT2D eigenvalue weighted by Gasteiger charge is -2.36. The molecule has 0 saturated carbocycles. The Morgan fingerprint density at radius 1 is 1.48 bits per heavy atom. The van der Waals surface area contributed by atoms with Crippen LogP contribution in [-0.4, -0.2) is 52.9 Å². The van der Waals surface area contributed by atoms with Gasteiger partial charge < -0.3 is 4.90 Å². The minimum Gasteiger partial charge on any atom is -0.336 e. The third kappa shape index (κ3) is 3.93. The Labute approximate surface area is 130 Å². The van der Waals surface area contributed by atoms with E-state index in [1.807, 2.05) is 4.90 Å². The second-order valence-electron chi connectivity index (χ2n) is 5.13. The summed E-state index contributed by atoms with van der Waals surface area (Å²) in [7, 11) is 0. The van der Waals surface area contributed by atoms with Crippen LogP contribution < -0.4 is 0 Å². The van der Waals surface area contributed by atoms with Gasteiger partial charge in [0.1, 0.15) is 5.15 Å². The van der Waals surface area contributed by atoms with Gasteiger partial charge in [-0.15, -0.1) is 0 Å². The predicted molar refractivity (Wildman–Crippen MR) is 81.0 cm³/mol. The molecule has 1 aliphatic rings. The zero-order chi connectivity index (χ0) is 15.2. The Balaban J connectivity index is 1.95. The number of hydrogen-bond acceptors (Lipinski definition) is 4. The van der Waals surface area contributed by atoms with Crippen LogP contribution in [0.1, 0.15) is 30.1 Å². The topological polar surface area (TPSA) is 60.2 Å². The number of nitrogens with zero attached hydrogens (tertiary/aromatic N) is 4. The Morgan fingerprint density at radius 2 is 2.19 bits per heavy atom. The smallest absolute Gasteiger partial charge is 0.254 e. The van der Waals surface area contributed by atoms with Crippen LogP contribution in [0.2, 0.25) is 5.15 Å². The van der Waals surface area contributed by atoms with Gasteiger partial charge >= 0.3 is 0 Å². The fraction of sp³-hybridized carbons (Fsp3) is 0.533. The molecule has 1 aromatic rings. The number of hydrogen-bond donors (Lipinski definition) is 0. The highest BCUT2D eigenvalue weighted by molar-refractivity contribution is 6.29. The molecular weight excluding hydrogens is 288 g/mol. The molecule has 0 bridgehead atoms. The Kier molecular flexibility index (Phi) is 5.54. The van der Waals surface area contributed by atoms with Crippen molar-refractivity contribution >= 4 is 17.5 Å². The Morgan fingerprint density at radius 3 is 2.76 bits per heavy atom. The molecule has 1 aromatic heterocycles. The van der Waals surface area contributed by atoms with Crippen molar-refractivity contribution in [1.29, 1.82) is 5.26 Å². The summed E-state index contributed by atoms with van der Waals surface area (Å²) in [6.45, 7) is 4.84. The fourth-order valence-corrected chi connectivity index (χ4v) is 2.73. The lowest BCUT2D eigenvalue weighted by atomic mass is 10.1. The molecule has 21 heavy (non-hydrogen) atoms. The summed E-state index contributed by atoms with van der Waals surface area (Å²) in [6.07, 6.45) is 3.41. The highest BCUT2D eigenvalue weighted by Crippen LogP contribution is 2.14. The second kappa shape index (κ2) is 7.39. The summed E-state index contributed by atoms with van der Waals surface area (Å²) >= 11 is 5.82. The first-order valence-electron chi connectivity index (χ1n) is 7.20. The summed E-state index contributed by atoms with van der Waals surface area (Å²) in [5, 5.41) is 9.53. The number of nitriles is 1. The highest BCUT2D eigenvalue weighted by atomic mass is 35.5. The molecule has 5 nitrogen and oxygen atoms in total. The fourth-order valence-electron chi connectivity index (χ4n) is 2.56. The molecule has 1 saturated heterocycles. The van der Waals surface area contributed by atoms with Gasteiger partial charge in [0.2, 0.25) is 0 Å². The minimum absolute atomic E-state index is 0.0250. The molecule has 0 aliphatic carbocycles. The molecule has 1 aliphatic heterocycles. The van der Waals surface area contributed by atoms with Gasteiger partial charge in [-0.25, -0.2) is 4.98 Å². The number of aromatic nitrogens is 1. The summed E-state index contributed by atoms with van der Waals surface area (Å²) in [6, 6.07) is 5.58. The van der Waals surface area contributed by atoms with Crippen molar-refractivity contribution in [3.8, 4) is 6.07 Å². The number of pyridine rings is 1. The maximum absolute atomic E-state index is 12.4. The maximum atomic E-state index is 12.4. The number of carbonyl (C=O) groups excluding carboxylic acids is 1. The van der Waals surface area contributed by atoms with Crippen molar-refractivity contribution in [2.75, 3.05) is 26.2 Å². The van der Waals surface area contributed by atoms with Crippen LogP contribution in [0.25, 0.3) is 0 Å². The number of piperazine rings is 1. The third-order valence-electron chi connectivity index (χ3n) is 3.73. The van der Waals surface area contributed by atoms with E-state index < -0.39 is 0 Å². The molecule has 0 aromatic carbocycles. The van der Waals surface area contributed by atoms with E-state index in [2.05, 4.69) is 22.9 Å². The van der Waals surface area contributed by atoms with Crippen molar-refractivity contribution in [2.24, 2.45) is 0 Å². The quantitative estimate of drug-likeness (QED) is 0.800. The van der Waals surface area contributed by atoms with Crippen LogP contribution in [0.3, 0.4) is 0 Å². The van der Waals surface area contributed by atoms with E-state index in [1.165, 1.54) is 0 Å². The van der Waals surface area contributed by atoms with E-state index in [0.717, 1.165) is 25.9 Å². The van der Waals surface area contributed by atoms with Crippen molar-refractivity contribution in [2.45, 2.75) is 25.8 Å². The molecule has 0 N–H and O–H groups in total. The summed E-state index contributed by atoms with van der Waals surface area (Å²) < 4.78 is 0. The number of carbonyl (C=O) groups is 1. The molecule has 0 spiro atoms. The molecule has 1 atom stereocenters. The van der Waals surface area contributed by atoms with E-state index in [9.17, 15) is 10.1 Å². The van der Waals surface area contributed by atoms with E-state index in [4.69, 9.17) is 11.6 Å². The molecular formula is C15H19ClN4O. The maximum Gasteiger partial charge on any atom is 0.254 e. The van der Waals surface area contributed by atoms with Gasteiger partial charge in [-0.1, -0.05) is 24.9 Å². The number of amides is 1. The van der Waals surface area contributed by atoms with Crippen LogP contribution in [0.5, 0.6) is 0 Å². The van der Waals surface area contributed by atoms with E-state index in [-0.39, 0.29) is 11.9 Å². The molecule has 0 radical (unpaired) electrons. The molecule has 2 heterocycles. The zero-order valence-corrected chi connectivity index (χ0v) is 12.9. The summed E-state index contributed by atoms with van der Waals surface area (Å²) in [4.78, 5) is 20.2. The van der Waals surface area contributed by atoms with Gasteiger partial charge in [0, 0.05) is 37.9 Å². The number of rotatable bonds is 4. The van der Waals surface area contributed by atoms with Gasteiger partial charge in [-0.2, -0.15) is 5.26 Å². The second-order valence-corrected chi connectivity index (χ2v) is 5.52. The van der Waals surface area contributed by atoms with Crippen molar-refractivity contribution in [1.82, 2.24) is 14.8 Å². The SMILES string of the molecule is CCCC(C#N)N1CCN(C(=O)c2ccnc(Cl)c2)CC1. The van der Waals surface area contributed by atoms with Crippen molar-refractivity contribution in [3.63, 3.8) is 0 Å². The van der Waals surface area contributed by atoms with E-state index in [0.29, 0.717) is 23.8 Å². The summed E-state index contributed by atoms with van der Waals surface area (Å²) in [5.41, 5.74) is 0.564. The normalized spacial score (nSPS) is 17.3. The molecule has 112 valence electrons. The first kappa shape index (κ1) is 15.7. The molecule has 2 rings (SSSR count). The van der Waals surface area contributed by atoms with Gasteiger partial charge in [-0.3, -0.25) is 9.69 Å². The lowest BCUT2D eigenvalue weighted by Crippen LogP contribution is -2.51. The van der Waals surface area contributed by atoms with E-state index >= 15 is 0 Å². The van der Waals surface area contributed by atoms with Crippen LogP contribution in [-0.2, 0) is 0 Å². The monoisotopic (exact) mass is 306 g/mol. The zero-order valence-electron chi connectivity index (χ0n) is 12.1. The predicted octanol–water partition coefficient (Wildman–Crippen LogP) is 2.19. The lowest BCUT2D eigenvalue weighted by molar-refractivity contribution is 0.0601. The van der Waals surface area contributed by atoms with Gasteiger partial charge in [0.05, 0.1) is 12.1 Å². The van der Waals surface area contributed by atoms with Crippen molar-refractivity contribution < 1.29 is 4.79 Å². The van der Waals surface area contributed by atoms with Crippen LogP contribution in [0.15, 0.2) is 18.3 Å². The largest absolute Gasteiger partial charge is 0.336 e. The average Bonchev–Trinajstić information content (AvgIpc) is 2.52. The van der Waals surface area contributed by atoms with E-state index in [1.54, 1.807) is 18.3 Å². The van der Waals surface area contributed by atoms with Crippen molar-refractivity contribution in [3.05, 3.63) is 29.0 Å². The first-order valence-corrected chi connectivity index (χ1v) is 7.58. The average molecular weight is 307 g/mol. The Hall–Kier alpha value is -1.64. The number of halogens is 1. The molecule has 1 amide bonds. The standard InChI is InChI=1S/C15H19ClN4O/c1-2-3-13(11-17)19-6-8-20(9-7-19)15(21)12-4-5-18-14(16)10-12/h4-5,10,13H,2-3,6-9H2,1H3. The molecule has 1 unspecified atom stereocenters. The molecule has 1 fully saturated rings. The van der Waals surface area contributed by atoms with Crippen LogP contribution in [0.4, 0.5) is 0 Å². The third-order valence-corrected chi connectivity index (χ3v) is 3.93. The highest BCUT2D eigenvalue weighted by Gasteiger charge is 2.26. The minimum atomic E-state index is -0.0392. The molecule has 6 heteroatoms. The van der Waals surface area contributed by atoms with Crippen LogP contribution in [0, 0.1) is 11.3 Å². The van der Waals surface area contributed by atoms with Gasteiger partial charge in [-0.05, 0) is 18.6 Å². The van der Waals surface area contributed by atoms with Gasteiger partial charge in [0.25, 0.3) is 5.91 Å². The first-order chi connectivity index (χ1) is 10.2. The summed E-state index contributed by atoms with van der Waals surface area (Å²) in [5.74, 6) is -0.0250. The Bertz CT molecular complexity index is 535.